The summed E-state index contributed by atoms with van der Waals surface area (Å²) in [6.07, 6.45) is 13.2. The van der Waals surface area contributed by atoms with Crippen LogP contribution in [0.4, 0.5) is 8.78 Å². The highest BCUT2D eigenvalue weighted by Crippen LogP contribution is 2.37. The molecule has 1 saturated carbocycles. The van der Waals surface area contributed by atoms with E-state index in [-0.39, 0.29) is 5.92 Å². The number of rotatable bonds is 10. The summed E-state index contributed by atoms with van der Waals surface area (Å²) in [4.78, 5) is 0. The van der Waals surface area contributed by atoms with Gasteiger partial charge >= 0.3 is 0 Å². The molecule has 29 heavy (non-hydrogen) atoms. The van der Waals surface area contributed by atoms with Crippen molar-refractivity contribution in [1.82, 2.24) is 0 Å². The summed E-state index contributed by atoms with van der Waals surface area (Å²) in [5.74, 6) is -0.641. The highest BCUT2D eigenvalue weighted by Gasteiger charge is 2.24. The van der Waals surface area contributed by atoms with Gasteiger partial charge in [-0.25, -0.2) is 8.78 Å². The lowest BCUT2D eigenvalue weighted by atomic mass is 9.78. The van der Waals surface area contributed by atoms with E-state index in [0.29, 0.717) is 18.1 Å². The fraction of sp³-hybridized carbons (Fsp3) is 0.462. The molecule has 156 valence electrons. The number of allylic oxidation sites excluding steroid dienone is 2. The molecule has 2 aromatic rings. The molecular weight excluding hydrogens is 366 g/mol. The molecule has 0 amide bonds. The second-order valence-electron chi connectivity index (χ2n) is 8.07. The van der Waals surface area contributed by atoms with Crippen LogP contribution in [-0.4, -0.2) is 6.61 Å². The van der Waals surface area contributed by atoms with Crippen LogP contribution >= 0.6 is 0 Å². The smallest absolute Gasteiger partial charge is 0.162 e. The van der Waals surface area contributed by atoms with Gasteiger partial charge < -0.3 is 4.74 Å². The second-order valence-corrected chi connectivity index (χ2v) is 8.07. The van der Waals surface area contributed by atoms with Crippen LogP contribution in [0.3, 0.4) is 0 Å². The summed E-state index contributed by atoms with van der Waals surface area (Å²) >= 11 is 0. The molecule has 0 atom stereocenters. The molecule has 1 aliphatic carbocycles. The largest absolute Gasteiger partial charge is 0.377 e. The van der Waals surface area contributed by atoms with Crippen LogP contribution in [0.15, 0.2) is 60.7 Å². The number of halogens is 2. The Labute approximate surface area is 173 Å². The highest BCUT2D eigenvalue weighted by atomic mass is 19.2. The van der Waals surface area contributed by atoms with Gasteiger partial charge in [-0.05, 0) is 74.0 Å². The van der Waals surface area contributed by atoms with Crippen molar-refractivity contribution in [1.29, 1.82) is 0 Å². The molecule has 3 heteroatoms. The average molecular weight is 399 g/mol. The zero-order valence-electron chi connectivity index (χ0n) is 17.2. The first kappa shape index (κ1) is 21.7. The zero-order valence-corrected chi connectivity index (χ0v) is 17.2. The molecule has 0 unspecified atom stereocenters. The molecule has 1 nitrogen and oxygen atoms in total. The summed E-state index contributed by atoms with van der Waals surface area (Å²) in [6.45, 7) is 1.52. The monoisotopic (exact) mass is 398 g/mol. The molecule has 0 radical (unpaired) electrons. The number of unbranched alkanes of at least 4 members (excludes halogenated alkanes) is 3. The lowest BCUT2D eigenvalue weighted by Gasteiger charge is -2.27. The van der Waals surface area contributed by atoms with Gasteiger partial charge in [-0.1, -0.05) is 61.0 Å². The maximum atomic E-state index is 14.0. The van der Waals surface area contributed by atoms with Crippen LogP contribution in [0.1, 0.15) is 68.4 Å². The van der Waals surface area contributed by atoms with Crippen molar-refractivity contribution in [3.63, 3.8) is 0 Å². The van der Waals surface area contributed by atoms with Crippen molar-refractivity contribution in [2.75, 3.05) is 6.61 Å². The highest BCUT2D eigenvalue weighted by molar-refractivity contribution is 5.23. The topological polar surface area (TPSA) is 9.23 Å². The van der Waals surface area contributed by atoms with Crippen molar-refractivity contribution < 1.29 is 13.5 Å². The lowest BCUT2D eigenvalue weighted by Crippen LogP contribution is -2.13. The zero-order chi connectivity index (χ0) is 20.3. The Bertz CT molecular complexity index is 749. The van der Waals surface area contributed by atoms with Crippen LogP contribution in [-0.2, 0) is 11.3 Å². The minimum Gasteiger partial charge on any atom is -0.377 e. The van der Waals surface area contributed by atoms with E-state index < -0.39 is 11.6 Å². The number of hydrogen-bond acceptors (Lipinski definition) is 1. The van der Waals surface area contributed by atoms with Gasteiger partial charge in [-0.15, -0.1) is 0 Å². The molecule has 0 aliphatic heterocycles. The summed E-state index contributed by atoms with van der Waals surface area (Å²) < 4.78 is 33.1. The predicted molar refractivity (Wildman–Crippen MR) is 115 cm³/mol. The Morgan fingerprint density at radius 3 is 2.45 bits per heavy atom. The number of benzene rings is 2. The van der Waals surface area contributed by atoms with Gasteiger partial charge in [0.2, 0.25) is 0 Å². The van der Waals surface area contributed by atoms with Crippen LogP contribution < -0.4 is 0 Å². The van der Waals surface area contributed by atoms with Crippen molar-refractivity contribution in [2.45, 2.75) is 63.9 Å². The Morgan fingerprint density at radius 1 is 0.862 bits per heavy atom. The normalized spacial score (nSPS) is 19.7. The Hall–Kier alpha value is -2.00. The fourth-order valence-electron chi connectivity index (χ4n) is 4.15. The van der Waals surface area contributed by atoms with Crippen LogP contribution in [0.5, 0.6) is 0 Å². The maximum absolute atomic E-state index is 14.0. The van der Waals surface area contributed by atoms with Crippen molar-refractivity contribution in [3.8, 4) is 0 Å². The van der Waals surface area contributed by atoms with Crippen molar-refractivity contribution in [2.24, 2.45) is 5.92 Å². The van der Waals surface area contributed by atoms with Gasteiger partial charge in [0, 0.05) is 6.61 Å². The molecule has 0 bridgehead atoms. The average Bonchev–Trinajstić information content (AvgIpc) is 2.76. The third kappa shape index (κ3) is 7.08. The standard InChI is InChI=1S/C26H32F2O/c27-25-14-9-13-24(26(25)28)23-17-15-21(16-18-23)10-5-2-1-3-8-19-29-20-22-11-6-4-7-12-22/h4-7,9-14,21,23H,1-3,8,15-20H2/t21-,23-. The van der Waals surface area contributed by atoms with Gasteiger partial charge in [0.05, 0.1) is 6.61 Å². The minimum atomic E-state index is -0.727. The summed E-state index contributed by atoms with van der Waals surface area (Å²) in [5, 5.41) is 0. The lowest BCUT2D eigenvalue weighted by molar-refractivity contribution is 0.117. The Balaban J connectivity index is 1.24. The number of hydrogen-bond donors (Lipinski definition) is 0. The van der Waals surface area contributed by atoms with E-state index in [0.717, 1.165) is 45.1 Å². The van der Waals surface area contributed by atoms with Crippen LogP contribution in [0, 0.1) is 17.6 Å². The van der Waals surface area contributed by atoms with Gasteiger partial charge in [-0.2, -0.15) is 0 Å². The SMILES string of the molecule is Fc1cccc([C@H]2CC[C@H](C=CCCCCCOCc3ccccc3)CC2)c1F. The van der Waals surface area contributed by atoms with E-state index >= 15 is 0 Å². The van der Waals surface area contributed by atoms with E-state index in [4.69, 9.17) is 4.74 Å². The maximum Gasteiger partial charge on any atom is 0.162 e. The van der Waals surface area contributed by atoms with E-state index in [9.17, 15) is 8.78 Å². The summed E-state index contributed by atoms with van der Waals surface area (Å²) in [5.41, 5.74) is 1.78. The van der Waals surface area contributed by atoms with Crippen LogP contribution in [0.25, 0.3) is 0 Å². The Kier molecular flexibility index (Phi) is 8.88. The number of ether oxygens (including phenoxy) is 1. The van der Waals surface area contributed by atoms with E-state index in [1.165, 1.54) is 24.5 Å². The Morgan fingerprint density at radius 2 is 1.66 bits per heavy atom. The first-order valence-electron chi connectivity index (χ1n) is 11.0. The van der Waals surface area contributed by atoms with Gasteiger partial charge in [-0.3, -0.25) is 0 Å². The van der Waals surface area contributed by atoms with Crippen molar-refractivity contribution >= 4 is 0 Å². The van der Waals surface area contributed by atoms with Gasteiger partial charge in [0.1, 0.15) is 0 Å². The summed E-state index contributed by atoms with van der Waals surface area (Å²) in [6, 6.07) is 14.8. The van der Waals surface area contributed by atoms with Gasteiger partial charge in [0.15, 0.2) is 11.6 Å². The molecule has 0 saturated heterocycles. The van der Waals surface area contributed by atoms with E-state index in [1.807, 2.05) is 18.2 Å². The molecule has 0 spiro atoms. The molecule has 2 aromatic carbocycles. The first-order chi connectivity index (χ1) is 14.2. The fourth-order valence-corrected chi connectivity index (χ4v) is 4.15. The molecule has 3 rings (SSSR count). The molecule has 1 aliphatic rings. The first-order valence-corrected chi connectivity index (χ1v) is 11.0. The second kappa shape index (κ2) is 11.9. The molecule has 0 aromatic heterocycles. The van der Waals surface area contributed by atoms with E-state index in [1.54, 1.807) is 12.1 Å². The predicted octanol–water partition coefficient (Wildman–Crippen LogP) is 7.57. The summed E-state index contributed by atoms with van der Waals surface area (Å²) in [7, 11) is 0. The van der Waals surface area contributed by atoms with Crippen LogP contribution in [0.2, 0.25) is 0 Å². The van der Waals surface area contributed by atoms with E-state index in [2.05, 4.69) is 24.3 Å². The third-order valence-corrected chi connectivity index (χ3v) is 5.87. The molecular formula is C26H32F2O. The van der Waals surface area contributed by atoms with Crippen molar-refractivity contribution in [3.05, 3.63) is 83.4 Å². The quantitative estimate of drug-likeness (QED) is 0.296. The molecule has 0 N–H and O–H groups in total. The molecule has 0 heterocycles. The third-order valence-electron chi connectivity index (χ3n) is 5.87. The molecule has 1 fully saturated rings. The van der Waals surface area contributed by atoms with Gasteiger partial charge in [0.25, 0.3) is 0 Å². The minimum absolute atomic E-state index is 0.159.